The molecule has 1 heterocycles. The summed E-state index contributed by atoms with van der Waals surface area (Å²) < 4.78 is 5.08. The number of ether oxygens (including phenoxy) is 1. The number of methoxy groups -OCH3 is 1. The number of urea groups is 1. The summed E-state index contributed by atoms with van der Waals surface area (Å²) in [7, 11) is 3.16. The molecule has 3 amide bonds. The van der Waals surface area contributed by atoms with Crippen LogP contribution in [0.2, 0.25) is 0 Å². The number of anilines is 1. The van der Waals surface area contributed by atoms with Crippen molar-refractivity contribution in [2.75, 3.05) is 38.7 Å². The maximum atomic E-state index is 12.2. The van der Waals surface area contributed by atoms with Gasteiger partial charge in [0.05, 0.1) is 7.11 Å². The number of carbonyl (C=O) groups excluding carboxylic acids is 2. The van der Waals surface area contributed by atoms with Crippen LogP contribution in [0.3, 0.4) is 0 Å². The molecule has 2 rings (SSSR count). The zero-order chi connectivity index (χ0) is 13.8. The largest absolute Gasteiger partial charge is 0.497 e. The number of hydrogen-bond donors (Lipinski definition) is 1. The zero-order valence-corrected chi connectivity index (χ0v) is 11.0. The molecule has 1 aliphatic rings. The van der Waals surface area contributed by atoms with Crippen LogP contribution in [-0.2, 0) is 4.79 Å². The van der Waals surface area contributed by atoms with Gasteiger partial charge >= 0.3 is 6.03 Å². The second kappa shape index (κ2) is 5.60. The van der Waals surface area contributed by atoms with Crippen LogP contribution in [0.15, 0.2) is 24.3 Å². The number of hydrogen-bond acceptors (Lipinski definition) is 3. The first-order valence-electron chi connectivity index (χ1n) is 6.07. The predicted molar refractivity (Wildman–Crippen MR) is 71.4 cm³/mol. The molecule has 0 aliphatic carbocycles. The van der Waals surface area contributed by atoms with Crippen LogP contribution in [0.25, 0.3) is 0 Å². The molecule has 1 saturated heterocycles. The van der Waals surface area contributed by atoms with E-state index in [-0.39, 0.29) is 18.5 Å². The smallest absolute Gasteiger partial charge is 0.325 e. The summed E-state index contributed by atoms with van der Waals surface area (Å²) >= 11 is 0. The van der Waals surface area contributed by atoms with E-state index in [0.29, 0.717) is 13.1 Å². The van der Waals surface area contributed by atoms with Gasteiger partial charge in [-0.15, -0.1) is 0 Å². The van der Waals surface area contributed by atoms with Crippen LogP contribution in [0, 0.1) is 0 Å². The number of amides is 3. The number of rotatable bonds is 4. The Labute approximate surface area is 111 Å². The number of nitrogens with one attached hydrogen (secondary N) is 1. The zero-order valence-electron chi connectivity index (χ0n) is 11.0. The Morgan fingerprint density at radius 2 is 2.00 bits per heavy atom. The highest BCUT2D eigenvalue weighted by Crippen LogP contribution is 2.22. The highest BCUT2D eigenvalue weighted by atomic mass is 16.5. The van der Waals surface area contributed by atoms with Gasteiger partial charge in [0.15, 0.2) is 0 Å². The molecule has 1 aromatic rings. The van der Waals surface area contributed by atoms with Gasteiger partial charge in [-0.25, -0.2) is 4.79 Å². The van der Waals surface area contributed by atoms with Gasteiger partial charge in [-0.1, -0.05) is 0 Å². The summed E-state index contributed by atoms with van der Waals surface area (Å²) in [5, 5.41) is 2.51. The molecule has 0 saturated carbocycles. The Hall–Kier alpha value is -2.24. The Bertz CT molecular complexity index is 473. The highest BCUT2D eigenvalue weighted by Gasteiger charge is 2.30. The van der Waals surface area contributed by atoms with Gasteiger partial charge in [0.25, 0.3) is 0 Å². The van der Waals surface area contributed by atoms with Crippen LogP contribution in [0.5, 0.6) is 5.75 Å². The molecule has 0 aromatic heterocycles. The van der Waals surface area contributed by atoms with E-state index in [1.54, 1.807) is 19.1 Å². The van der Waals surface area contributed by atoms with Crippen molar-refractivity contribution in [1.29, 1.82) is 0 Å². The topological polar surface area (TPSA) is 61.9 Å². The van der Waals surface area contributed by atoms with Crippen LogP contribution in [-0.4, -0.2) is 50.6 Å². The summed E-state index contributed by atoms with van der Waals surface area (Å²) in [5.41, 5.74) is 0.810. The fraction of sp³-hybridized carbons (Fsp3) is 0.385. The molecule has 1 aliphatic heterocycles. The van der Waals surface area contributed by atoms with E-state index in [1.165, 1.54) is 4.90 Å². The molecule has 0 unspecified atom stereocenters. The standard InChI is InChI=1S/C13H17N3O3/c1-14-12(17)9-15-7-8-16(13(15)18)10-3-5-11(19-2)6-4-10/h3-6H,7-9H2,1-2H3,(H,14,17). The van der Waals surface area contributed by atoms with Crippen LogP contribution < -0.4 is 15.0 Å². The third-order valence-electron chi connectivity index (χ3n) is 3.09. The summed E-state index contributed by atoms with van der Waals surface area (Å²) in [5.74, 6) is 0.586. The fourth-order valence-electron chi connectivity index (χ4n) is 1.98. The van der Waals surface area contributed by atoms with E-state index in [0.717, 1.165) is 11.4 Å². The highest BCUT2D eigenvalue weighted by molar-refractivity contribution is 5.96. The quantitative estimate of drug-likeness (QED) is 0.869. The monoisotopic (exact) mass is 263 g/mol. The Morgan fingerprint density at radius 3 is 2.58 bits per heavy atom. The number of nitrogens with zero attached hydrogens (tertiary/aromatic N) is 2. The predicted octanol–water partition coefficient (Wildman–Crippen LogP) is 0.683. The van der Waals surface area contributed by atoms with Crippen molar-refractivity contribution in [1.82, 2.24) is 10.2 Å². The maximum Gasteiger partial charge on any atom is 0.325 e. The van der Waals surface area contributed by atoms with Crippen LogP contribution >= 0.6 is 0 Å². The Morgan fingerprint density at radius 1 is 1.32 bits per heavy atom. The molecule has 6 heteroatoms. The lowest BCUT2D eigenvalue weighted by Gasteiger charge is -2.18. The molecule has 0 radical (unpaired) electrons. The second-order valence-electron chi connectivity index (χ2n) is 4.23. The molecule has 1 fully saturated rings. The molecule has 0 bridgehead atoms. The van der Waals surface area contributed by atoms with Gasteiger partial charge in [-0.3, -0.25) is 9.69 Å². The first-order valence-corrected chi connectivity index (χ1v) is 6.07. The summed E-state index contributed by atoms with van der Waals surface area (Å²) in [6.45, 7) is 1.24. The van der Waals surface area contributed by atoms with E-state index in [4.69, 9.17) is 4.74 Å². The minimum atomic E-state index is -0.162. The lowest BCUT2D eigenvalue weighted by atomic mass is 10.3. The van der Waals surface area contributed by atoms with Crippen molar-refractivity contribution in [3.63, 3.8) is 0 Å². The summed E-state index contributed by atoms with van der Waals surface area (Å²) in [4.78, 5) is 26.6. The molecule has 6 nitrogen and oxygen atoms in total. The first kappa shape index (κ1) is 13.2. The van der Waals surface area contributed by atoms with Gasteiger partial charge in [0.1, 0.15) is 12.3 Å². The Balaban J connectivity index is 2.06. The number of carbonyl (C=O) groups is 2. The third-order valence-corrected chi connectivity index (χ3v) is 3.09. The van der Waals surface area contributed by atoms with Crippen molar-refractivity contribution in [3.05, 3.63) is 24.3 Å². The second-order valence-corrected chi connectivity index (χ2v) is 4.23. The molecule has 102 valence electrons. The normalized spacial score (nSPS) is 14.7. The van der Waals surface area contributed by atoms with Crippen LogP contribution in [0.1, 0.15) is 0 Å². The first-order chi connectivity index (χ1) is 9.15. The third kappa shape index (κ3) is 2.78. The van der Waals surface area contributed by atoms with Gasteiger partial charge in [-0.05, 0) is 24.3 Å². The van der Waals surface area contributed by atoms with Crippen molar-refractivity contribution in [2.45, 2.75) is 0 Å². The Kier molecular flexibility index (Phi) is 3.89. The van der Waals surface area contributed by atoms with Crippen LogP contribution in [0.4, 0.5) is 10.5 Å². The molecule has 1 aromatic carbocycles. The summed E-state index contributed by atoms with van der Waals surface area (Å²) in [6, 6.07) is 7.14. The van der Waals surface area contributed by atoms with Crippen molar-refractivity contribution < 1.29 is 14.3 Å². The maximum absolute atomic E-state index is 12.2. The lowest BCUT2D eigenvalue weighted by Crippen LogP contribution is -2.38. The van der Waals surface area contributed by atoms with Gasteiger partial charge in [-0.2, -0.15) is 0 Å². The number of benzene rings is 1. The van der Waals surface area contributed by atoms with Crippen molar-refractivity contribution >= 4 is 17.6 Å². The fourth-order valence-corrected chi connectivity index (χ4v) is 1.98. The van der Waals surface area contributed by atoms with E-state index >= 15 is 0 Å². The molecular formula is C13H17N3O3. The van der Waals surface area contributed by atoms with Crippen molar-refractivity contribution in [3.8, 4) is 5.75 Å². The molecular weight excluding hydrogens is 246 g/mol. The average molecular weight is 263 g/mol. The van der Waals surface area contributed by atoms with E-state index in [9.17, 15) is 9.59 Å². The van der Waals surface area contributed by atoms with Gasteiger partial charge in [0.2, 0.25) is 5.91 Å². The van der Waals surface area contributed by atoms with Gasteiger partial charge in [0, 0.05) is 25.8 Å². The molecule has 0 spiro atoms. The number of likely N-dealkylation sites (N-methyl/N-ethyl adjacent to an activating group) is 1. The molecule has 1 N–H and O–H groups in total. The lowest BCUT2D eigenvalue weighted by molar-refractivity contribution is -0.121. The minimum Gasteiger partial charge on any atom is -0.497 e. The summed E-state index contributed by atoms with van der Waals surface area (Å²) in [6.07, 6.45) is 0. The van der Waals surface area contributed by atoms with Crippen molar-refractivity contribution in [2.24, 2.45) is 0 Å². The SMILES string of the molecule is CNC(=O)CN1CCN(c2ccc(OC)cc2)C1=O. The van der Waals surface area contributed by atoms with E-state index in [1.807, 2.05) is 24.3 Å². The van der Waals surface area contributed by atoms with Gasteiger partial charge < -0.3 is 15.0 Å². The van der Waals surface area contributed by atoms with E-state index in [2.05, 4.69) is 5.32 Å². The van der Waals surface area contributed by atoms with E-state index < -0.39 is 0 Å². The molecule has 19 heavy (non-hydrogen) atoms. The molecule has 0 atom stereocenters. The average Bonchev–Trinajstić information content (AvgIpc) is 2.80. The minimum absolute atomic E-state index is 0.0992.